The Morgan fingerprint density at radius 1 is 0.984 bits per heavy atom. The first-order valence-electron chi connectivity index (χ1n) is 20.4. The van der Waals surface area contributed by atoms with Crippen LogP contribution in [0.5, 0.6) is 17.2 Å². The highest BCUT2D eigenvalue weighted by atomic mass is 31.3. The lowest BCUT2D eigenvalue weighted by Gasteiger charge is -2.62. The zero-order valence-electron chi connectivity index (χ0n) is 36.6. The molecular formula is C42H51N2O17P3. The van der Waals surface area contributed by atoms with Gasteiger partial charge in [-0.2, -0.15) is 13.9 Å². The fourth-order valence-electron chi connectivity index (χ4n) is 10.2. The fraction of sp³-hybridized carbons (Fsp3) is 0.524. The minimum atomic E-state index is -6.04. The molecule has 1 spiro atoms. The number of esters is 1. The Bertz CT molecular complexity index is 2610. The van der Waals surface area contributed by atoms with Gasteiger partial charge in [0, 0.05) is 40.9 Å². The van der Waals surface area contributed by atoms with Gasteiger partial charge in [-0.05, 0) is 93.2 Å². The zero-order valence-corrected chi connectivity index (χ0v) is 39.3. The molecule has 4 fully saturated rings. The molecule has 1 aromatic rings. The first kappa shape index (κ1) is 47.8. The molecule has 8 rings (SSSR count). The number of rotatable bonds is 14. The molecule has 0 aromatic heterocycles. The van der Waals surface area contributed by atoms with Crippen molar-refractivity contribution in [3.05, 3.63) is 63.3 Å². The van der Waals surface area contributed by atoms with Crippen LogP contribution in [-0.2, 0) is 52.5 Å². The van der Waals surface area contributed by atoms with Crippen LogP contribution in [0.2, 0.25) is 0 Å². The summed E-state index contributed by atoms with van der Waals surface area (Å²) < 4.78 is 84.7. The second-order valence-electron chi connectivity index (χ2n) is 18.0. The van der Waals surface area contributed by atoms with E-state index in [4.69, 9.17) is 33.6 Å². The summed E-state index contributed by atoms with van der Waals surface area (Å²) >= 11 is 0. The Hall–Kier alpha value is -4.17. The largest absolute Gasteiger partial charge is 0.536 e. The Morgan fingerprint density at radius 3 is 2.27 bits per heavy atom. The van der Waals surface area contributed by atoms with Crippen LogP contribution in [0, 0.1) is 40.4 Å². The average molecular weight is 949 g/mol. The number of Topliss-reactive ketones (excluding diaryl/α,β-unsaturated/α-hetero) is 1. The van der Waals surface area contributed by atoms with E-state index in [2.05, 4.69) is 14.7 Å². The summed E-state index contributed by atoms with van der Waals surface area (Å²) in [6, 6.07) is 2.13. The van der Waals surface area contributed by atoms with Crippen LogP contribution < -0.4 is 14.0 Å². The summed E-state index contributed by atoms with van der Waals surface area (Å²) in [5, 5.41) is 19.7. The van der Waals surface area contributed by atoms with Crippen molar-refractivity contribution in [1.82, 2.24) is 0 Å². The normalized spacial score (nSPS) is 31.1. The highest BCUT2D eigenvalue weighted by molar-refractivity contribution is 7.66. The molecule has 1 saturated heterocycles. The van der Waals surface area contributed by atoms with Gasteiger partial charge in [0.25, 0.3) is 0 Å². The molecule has 3 saturated carbocycles. The first-order chi connectivity index (χ1) is 29.6. The van der Waals surface area contributed by atoms with E-state index in [0.29, 0.717) is 18.4 Å². The van der Waals surface area contributed by atoms with E-state index < -0.39 is 92.9 Å². The third kappa shape index (κ3) is 7.89. The number of carbonyl (C=O) groups excluding carboxylic acids is 2. The van der Waals surface area contributed by atoms with E-state index in [1.165, 1.54) is 20.1 Å². The van der Waals surface area contributed by atoms with Crippen LogP contribution in [-0.4, -0.2) is 66.7 Å². The van der Waals surface area contributed by atoms with E-state index in [1.54, 1.807) is 26.0 Å². The van der Waals surface area contributed by atoms with Crippen molar-refractivity contribution < 1.29 is 79.7 Å². The summed E-state index contributed by atoms with van der Waals surface area (Å²) in [6.45, 7) is 14.5. The second-order valence-corrected chi connectivity index (χ2v) is 22.4. The molecule has 4 bridgehead atoms. The van der Waals surface area contributed by atoms with Gasteiger partial charge in [0.05, 0.1) is 24.3 Å². The van der Waals surface area contributed by atoms with Crippen LogP contribution in [0.15, 0.2) is 46.6 Å². The lowest BCUT2D eigenvalue weighted by Crippen LogP contribution is -2.75. The highest BCUT2D eigenvalue weighted by Crippen LogP contribution is 2.75. The molecule has 4 heterocycles. The topological polar surface area (TPSA) is 288 Å². The van der Waals surface area contributed by atoms with Crippen LogP contribution in [0.25, 0.3) is 11.8 Å². The van der Waals surface area contributed by atoms with Gasteiger partial charge >= 0.3 is 29.4 Å². The number of carbonyl (C=O) groups is 2. The van der Waals surface area contributed by atoms with Crippen LogP contribution in [0.1, 0.15) is 97.8 Å². The predicted octanol–water partition coefficient (Wildman–Crippen LogP) is 7.69. The number of phosphoric ester groups is 1. The maximum absolute atomic E-state index is 15.3. The van der Waals surface area contributed by atoms with Gasteiger partial charge in [0.15, 0.2) is 22.7 Å². The number of ether oxygens (including phenoxy) is 5. The van der Waals surface area contributed by atoms with E-state index in [9.17, 15) is 43.3 Å². The molecule has 64 heavy (non-hydrogen) atoms. The van der Waals surface area contributed by atoms with Crippen molar-refractivity contribution in [2.45, 2.75) is 110 Å². The number of methoxy groups -OCH3 is 1. The first-order valence-corrected chi connectivity index (χ1v) is 24.9. The number of benzene rings is 1. The summed E-state index contributed by atoms with van der Waals surface area (Å²) in [5.74, 6) is -6.52. The molecule has 22 heteroatoms. The van der Waals surface area contributed by atoms with Crippen molar-refractivity contribution in [1.29, 1.82) is 10.7 Å². The van der Waals surface area contributed by atoms with Gasteiger partial charge in [-0.1, -0.05) is 29.4 Å². The van der Waals surface area contributed by atoms with Crippen LogP contribution in [0.3, 0.4) is 0 Å². The molecule has 5 N–H and O–H groups in total. The second kappa shape index (κ2) is 16.0. The number of nitriles is 1. The number of hydrogen-bond acceptors (Lipinski definition) is 15. The number of ketones is 1. The fourth-order valence-corrected chi connectivity index (χ4v) is 13.2. The number of hydrogen-bond donors (Lipinski definition) is 5. The van der Waals surface area contributed by atoms with Crippen molar-refractivity contribution in [2.75, 3.05) is 7.11 Å². The maximum atomic E-state index is 15.3. The lowest BCUT2D eigenvalue weighted by molar-refractivity contribution is -0.183. The summed E-state index contributed by atoms with van der Waals surface area (Å²) in [5.41, 5.74) is -3.52. The van der Waals surface area contributed by atoms with Gasteiger partial charge in [0.2, 0.25) is 5.90 Å². The Balaban J connectivity index is 1.59. The van der Waals surface area contributed by atoms with Gasteiger partial charge < -0.3 is 42.9 Å². The molecule has 19 nitrogen and oxygen atoms in total. The number of allylic oxidation sites excluding steroid dienone is 4. The summed E-state index contributed by atoms with van der Waals surface area (Å²) in [4.78, 5) is 68.0. The zero-order chi connectivity index (χ0) is 47.3. The minimum Gasteiger partial charge on any atom is -0.482 e. The Labute approximate surface area is 369 Å². The van der Waals surface area contributed by atoms with Crippen molar-refractivity contribution in [3.8, 4) is 23.3 Å². The monoisotopic (exact) mass is 948 g/mol. The third-order valence-corrected chi connectivity index (χ3v) is 16.4. The van der Waals surface area contributed by atoms with Gasteiger partial charge in [-0.3, -0.25) is 15.1 Å². The van der Waals surface area contributed by atoms with Crippen molar-refractivity contribution >= 4 is 53.0 Å². The van der Waals surface area contributed by atoms with E-state index in [1.807, 2.05) is 46.8 Å². The van der Waals surface area contributed by atoms with E-state index >= 15 is 4.79 Å². The molecule has 9 atom stereocenters. The van der Waals surface area contributed by atoms with Gasteiger partial charge in [-0.15, -0.1) is 0 Å². The highest BCUT2D eigenvalue weighted by Gasteiger charge is 2.84. The molecular weight excluding hydrogens is 897 g/mol. The van der Waals surface area contributed by atoms with Crippen LogP contribution >= 0.6 is 23.5 Å². The number of nitrogens with one attached hydrogen (secondary N) is 1. The van der Waals surface area contributed by atoms with Crippen molar-refractivity contribution in [2.24, 2.45) is 23.7 Å². The Kier molecular flexibility index (Phi) is 12.0. The molecule has 0 amide bonds. The summed E-state index contributed by atoms with van der Waals surface area (Å²) in [7, 11) is -16.6. The Morgan fingerprint density at radius 2 is 1.66 bits per heavy atom. The van der Waals surface area contributed by atoms with Gasteiger partial charge in [0.1, 0.15) is 34.3 Å². The number of nitrogens with zero attached hydrogens (tertiary/aromatic N) is 1. The minimum absolute atomic E-state index is 0.0261. The average Bonchev–Trinajstić information content (AvgIpc) is 3.30. The molecule has 4 aliphatic heterocycles. The van der Waals surface area contributed by atoms with E-state index in [0.717, 1.165) is 11.1 Å². The van der Waals surface area contributed by atoms with E-state index in [-0.39, 0.29) is 58.8 Å². The SMILES string of the molecule is COC(=O)C(C)=CCC12OC(C)(C)C3CC(C1=O)C1C4=C(OC(=N)C1C#N)c1c(OP(=O)(O)OP(=O)(O)OP(=O)(O)O)c5c(c(CC=C(C)C)c1OC432)OC(C)(CCC=C(C)C)C=C5. The predicted molar refractivity (Wildman–Crippen MR) is 227 cm³/mol. The van der Waals surface area contributed by atoms with Gasteiger partial charge in [-0.25, -0.2) is 18.5 Å². The molecule has 346 valence electrons. The molecule has 0 radical (unpaired) electrons. The standard InChI is InChI=1S/C42H51N2O17P3/c1-21(2)11-10-16-40(8)17-15-25-32(56-40)24(13-12-22(3)4)33-30(34(25)58-63(50,51)61-64(52,53)60-62(47,48)49)35-31-29(27(20-43)37(44)55-35)26-19-28-39(6,7)59-41(36(26)45,42(28,31)57-33)18-14-23(5)38(46)54-9/h11-12,14-15,17,26-29,44H,10,13,16,18-19H2,1-9H3,(H,50,51)(H,52,53)(H2,47,48,49). The number of fused-ring (bicyclic) bond motifs is 3. The lowest BCUT2D eigenvalue weighted by atomic mass is 9.44. The molecule has 9 unspecified atom stereocenters. The number of phosphoric acid groups is 3. The third-order valence-electron chi connectivity index (χ3n) is 12.6. The molecule has 3 aliphatic carbocycles. The molecule has 1 aromatic carbocycles. The van der Waals surface area contributed by atoms with Crippen molar-refractivity contribution in [3.63, 3.8) is 0 Å². The van der Waals surface area contributed by atoms with Crippen LogP contribution in [0.4, 0.5) is 0 Å². The quantitative estimate of drug-likeness (QED) is 0.0517. The maximum Gasteiger partial charge on any atom is 0.536 e. The molecule has 7 aliphatic rings. The smallest absolute Gasteiger partial charge is 0.482 e. The summed E-state index contributed by atoms with van der Waals surface area (Å²) in [6.07, 6.45) is 9.64.